The van der Waals surface area contributed by atoms with Crippen molar-refractivity contribution >= 4 is 17.5 Å². The molecule has 0 bridgehead atoms. The lowest BCUT2D eigenvalue weighted by Crippen LogP contribution is -2.26. The minimum atomic E-state index is -0.151. The maximum absolute atomic E-state index is 11.8. The topological polar surface area (TPSA) is 59.8 Å². The van der Waals surface area contributed by atoms with E-state index in [9.17, 15) is 4.79 Å². The predicted molar refractivity (Wildman–Crippen MR) is 68.5 cm³/mol. The molecule has 0 aliphatic heterocycles. The Morgan fingerprint density at radius 1 is 1.44 bits per heavy atom. The average molecular weight is 265 g/mol. The van der Waals surface area contributed by atoms with E-state index in [1.165, 1.54) is 6.20 Å². The van der Waals surface area contributed by atoms with Crippen LogP contribution in [0.4, 0.5) is 0 Å². The van der Waals surface area contributed by atoms with E-state index in [1.807, 2.05) is 13.1 Å². The van der Waals surface area contributed by atoms with E-state index in [1.54, 1.807) is 23.0 Å². The summed E-state index contributed by atoms with van der Waals surface area (Å²) in [4.78, 5) is 15.6. The molecule has 0 radical (unpaired) electrons. The van der Waals surface area contributed by atoms with E-state index < -0.39 is 0 Å². The molecular formula is C12H13ClN4O. The number of pyridine rings is 1. The van der Waals surface area contributed by atoms with Crippen LogP contribution in [-0.4, -0.2) is 27.2 Å². The van der Waals surface area contributed by atoms with Gasteiger partial charge in [0.05, 0.1) is 0 Å². The van der Waals surface area contributed by atoms with Gasteiger partial charge in [0.2, 0.25) is 0 Å². The molecule has 0 saturated carbocycles. The first kappa shape index (κ1) is 12.6. The number of nitrogens with one attached hydrogen (secondary N) is 1. The molecule has 18 heavy (non-hydrogen) atoms. The Morgan fingerprint density at radius 3 is 2.94 bits per heavy atom. The molecule has 0 atom stereocenters. The molecule has 0 spiro atoms. The van der Waals surface area contributed by atoms with E-state index >= 15 is 0 Å². The first-order valence-electron chi connectivity index (χ1n) is 5.53. The van der Waals surface area contributed by atoms with Crippen LogP contribution in [0.2, 0.25) is 5.15 Å². The summed E-state index contributed by atoms with van der Waals surface area (Å²) in [6.07, 6.45) is 3.99. The molecule has 2 aromatic rings. The van der Waals surface area contributed by atoms with Crippen LogP contribution in [0.25, 0.3) is 0 Å². The van der Waals surface area contributed by atoms with Crippen LogP contribution in [0.3, 0.4) is 0 Å². The van der Waals surface area contributed by atoms with Crippen LogP contribution in [0, 0.1) is 0 Å². The van der Waals surface area contributed by atoms with Crippen LogP contribution in [0.15, 0.2) is 30.6 Å². The number of amides is 1. The molecule has 0 aliphatic carbocycles. The molecule has 2 rings (SSSR count). The Hall–Kier alpha value is -1.88. The number of hydrogen-bond acceptors (Lipinski definition) is 3. The third kappa shape index (κ3) is 3.07. The van der Waals surface area contributed by atoms with Crippen molar-refractivity contribution in [1.29, 1.82) is 0 Å². The van der Waals surface area contributed by atoms with Crippen molar-refractivity contribution < 1.29 is 4.79 Å². The molecule has 1 N–H and O–H groups in total. The Bertz CT molecular complexity index is 553. The van der Waals surface area contributed by atoms with Gasteiger partial charge in [0.1, 0.15) is 5.15 Å². The third-order valence-electron chi connectivity index (χ3n) is 2.58. The first-order valence-corrected chi connectivity index (χ1v) is 5.91. The van der Waals surface area contributed by atoms with Crippen molar-refractivity contribution in [3.05, 3.63) is 47.0 Å². The van der Waals surface area contributed by atoms with Crippen LogP contribution in [0.5, 0.6) is 0 Å². The van der Waals surface area contributed by atoms with Gasteiger partial charge in [0.15, 0.2) is 0 Å². The van der Waals surface area contributed by atoms with Gasteiger partial charge in [-0.15, -0.1) is 0 Å². The van der Waals surface area contributed by atoms with E-state index in [0.29, 0.717) is 17.3 Å². The summed E-state index contributed by atoms with van der Waals surface area (Å²) >= 11 is 5.72. The Morgan fingerprint density at radius 2 is 2.28 bits per heavy atom. The highest BCUT2D eigenvalue weighted by molar-refractivity contribution is 6.29. The van der Waals surface area contributed by atoms with E-state index in [-0.39, 0.29) is 5.91 Å². The zero-order valence-corrected chi connectivity index (χ0v) is 10.7. The summed E-state index contributed by atoms with van der Waals surface area (Å²) in [5.41, 5.74) is 1.59. The molecule has 94 valence electrons. The fourth-order valence-corrected chi connectivity index (χ4v) is 1.77. The van der Waals surface area contributed by atoms with Gasteiger partial charge in [0.25, 0.3) is 5.91 Å². The van der Waals surface area contributed by atoms with Gasteiger partial charge in [-0.2, -0.15) is 5.10 Å². The minimum absolute atomic E-state index is 0.151. The molecule has 0 saturated heterocycles. The zero-order chi connectivity index (χ0) is 13.0. The fourth-order valence-electron chi connectivity index (χ4n) is 1.60. The molecule has 0 aliphatic rings. The lowest BCUT2D eigenvalue weighted by atomic mass is 10.2. The van der Waals surface area contributed by atoms with Gasteiger partial charge in [-0.25, -0.2) is 4.98 Å². The number of halogens is 1. The largest absolute Gasteiger partial charge is 0.352 e. The third-order valence-corrected chi connectivity index (χ3v) is 2.78. The standard InChI is InChI=1S/C12H13ClN4O/c1-17-10(4-7-16-17)3-6-15-12(18)9-2-5-14-11(13)8-9/h2,4-5,7-8H,3,6H2,1H3,(H,15,18). The summed E-state index contributed by atoms with van der Waals surface area (Å²) in [7, 11) is 1.87. The van der Waals surface area contributed by atoms with Crippen LogP contribution in [0.1, 0.15) is 16.1 Å². The van der Waals surface area contributed by atoms with Gasteiger partial charge in [-0.1, -0.05) is 11.6 Å². The number of hydrogen-bond donors (Lipinski definition) is 1. The highest BCUT2D eigenvalue weighted by atomic mass is 35.5. The Labute approximate surface area is 110 Å². The molecule has 0 fully saturated rings. The lowest BCUT2D eigenvalue weighted by molar-refractivity contribution is 0.0954. The second-order valence-electron chi connectivity index (χ2n) is 3.82. The van der Waals surface area contributed by atoms with E-state index in [0.717, 1.165) is 12.1 Å². The quantitative estimate of drug-likeness (QED) is 0.850. The van der Waals surface area contributed by atoms with Crippen LogP contribution >= 0.6 is 11.6 Å². The van der Waals surface area contributed by atoms with E-state index in [4.69, 9.17) is 11.6 Å². The van der Waals surface area contributed by atoms with Crippen molar-refractivity contribution in [3.63, 3.8) is 0 Å². The molecule has 0 unspecified atom stereocenters. The zero-order valence-electron chi connectivity index (χ0n) is 9.93. The van der Waals surface area contributed by atoms with E-state index in [2.05, 4.69) is 15.4 Å². The molecule has 5 nitrogen and oxygen atoms in total. The fraction of sp³-hybridized carbons (Fsp3) is 0.250. The van der Waals surface area contributed by atoms with Crippen molar-refractivity contribution in [2.45, 2.75) is 6.42 Å². The summed E-state index contributed by atoms with van der Waals surface area (Å²) < 4.78 is 1.79. The number of aromatic nitrogens is 3. The molecule has 1 amide bonds. The Balaban J connectivity index is 1.87. The maximum Gasteiger partial charge on any atom is 0.251 e. The van der Waals surface area contributed by atoms with Gasteiger partial charge in [-0.05, 0) is 18.2 Å². The van der Waals surface area contributed by atoms with Crippen molar-refractivity contribution in [3.8, 4) is 0 Å². The van der Waals surface area contributed by atoms with Crippen molar-refractivity contribution in [1.82, 2.24) is 20.1 Å². The highest BCUT2D eigenvalue weighted by Crippen LogP contribution is 2.06. The van der Waals surface area contributed by atoms with Gasteiger partial charge < -0.3 is 5.32 Å². The monoisotopic (exact) mass is 264 g/mol. The molecule has 2 aromatic heterocycles. The summed E-state index contributed by atoms with van der Waals surface area (Å²) in [6.45, 7) is 0.554. The maximum atomic E-state index is 11.8. The summed E-state index contributed by atoms with van der Waals surface area (Å²) in [5.74, 6) is -0.151. The number of rotatable bonds is 4. The minimum Gasteiger partial charge on any atom is -0.352 e. The average Bonchev–Trinajstić information content (AvgIpc) is 2.75. The number of aryl methyl sites for hydroxylation is 1. The highest BCUT2D eigenvalue weighted by Gasteiger charge is 2.06. The van der Waals surface area contributed by atoms with Crippen LogP contribution < -0.4 is 5.32 Å². The second kappa shape index (κ2) is 5.64. The SMILES string of the molecule is Cn1nccc1CCNC(=O)c1ccnc(Cl)c1. The van der Waals surface area contributed by atoms with Crippen molar-refractivity contribution in [2.75, 3.05) is 6.54 Å². The summed E-state index contributed by atoms with van der Waals surface area (Å²) in [6, 6.07) is 5.10. The summed E-state index contributed by atoms with van der Waals surface area (Å²) in [5, 5.41) is 7.20. The second-order valence-corrected chi connectivity index (χ2v) is 4.21. The lowest BCUT2D eigenvalue weighted by Gasteiger charge is -2.05. The van der Waals surface area contributed by atoms with Crippen LogP contribution in [-0.2, 0) is 13.5 Å². The number of carbonyl (C=O) groups excluding carboxylic acids is 1. The first-order chi connectivity index (χ1) is 8.66. The van der Waals surface area contributed by atoms with Crippen molar-refractivity contribution in [2.24, 2.45) is 7.05 Å². The predicted octanol–water partition coefficient (Wildman–Crippen LogP) is 1.44. The van der Waals surface area contributed by atoms with Gasteiger partial charge in [-0.3, -0.25) is 9.48 Å². The van der Waals surface area contributed by atoms with Gasteiger partial charge in [0, 0.05) is 43.7 Å². The molecule has 0 aromatic carbocycles. The normalized spacial score (nSPS) is 10.3. The molecule has 2 heterocycles. The van der Waals surface area contributed by atoms with Gasteiger partial charge >= 0.3 is 0 Å². The molecule has 6 heteroatoms. The Kier molecular flexibility index (Phi) is 3.94. The smallest absolute Gasteiger partial charge is 0.251 e. The molecular weight excluding hydrogens is 252 g/mol. The number of carbonyl (C=O) groups is 1. The number of nitrogens with zero attached hydrogens (tertiary/aromatic N) is 3.